The van der Waals surface area contributed by atoms with Crippen LogP contribution in [-0.4, -0.2) is 55.5 Å². The molecule has 1 aromatic heterocycles. The number of anilines is 2. The van der Waals surface area contributed by atoms with Gasteiger partial charge in [0.25, 0.3) is 0 Å². The van der Waals surface area contributed by atoms with Crippen LogP contribution < -0.4 is 9.80 Å². The number of benzene rings is 1. The van der Waals surface area contributed by atoms with Crippen molar-refractivity contribution >= 4 is 34.9 Å². The van der Waals surface area contributed by atoms with Crippen molar-refractivity contribution in [2.24, 2.45) is 5.92 Å². The van der Waals surface area contributed by atoms with Crippen LogP contribution in [0.25, 0.3) is 11.0 Å². The van der Waals surface area contributed by atoms with Gasteiger partial charge in [-0.3, -0.25) is 9.69 Å². The number of cyclic esters (lactones) is 1. The highest BCUT2D eigenvalue weighted by Gasteiger charge is 2.46. The third kappa shape index (κ3) is 2.95. The standard InChI is InChI=1S/C20H22FN3O5/c1-10-6-23(7-11(2)28-10)17-13(8-25)5-14-18(16(17)21)29-22-19(14)24-15(12-3-4-12)9-27-20(24)26/h5,8,10-12,15H,3-4,6-7,9H2,1-2H3. The zero-order valence-corrected chi connectivity index (χ0v) is 16.3. The van der Waals surface area contributed by atoms with E-state index in [0.717, 1.165) is 12.8 Å². The van der Waals surface area contributed by atoms with Gasteiger partial charge >= 0.3 is 6.09 Å². The Morgan fingerprint density at radius 1 is 1.24 bits per heavy atom. The van der Waals surface area contributed by atoms with Gasteiger partial charge in [0.15, 0.2) is 17.9 Å². The van der Waals surface area contributed by atoms with Crippen LogP contribution >= 0.6 is 0 Å². The first-order valence-corrected chi connectivity index (χ1v) is 9.91. The molecule has 3 aliphatic rings. The van der Waals surface area contributed by atoms with Gasteiger partial charge in [-0.15, -0.1) is 0 Å². The molecule has 2 saturated heterocycles. The number of amides is 1. The molecule has 154 valence electrons. The van der Waals surface area contributed by atoms with Crippen molar-refractivity contribution in [3.63, 3.8) is 0 Å². The number of fused-ring (bicyclic) bond motifs is 1. The van der Waals surface area contributed by atoms with E-state index in [1.54, 1.807) is 11.0 Å². The van der Waals surface area contributed by atoms with E-state index in [1.165, 1.54) is 4.90 Å². The Kier molecular flexibility index (Phi) is 4.23. The number of nitrogens with zero attached hydrogens (tertiary/aromatic N) is 3. The van der Waals surface area contributed by atoms with E-state index in [2.05, 4.69) is 5.16 Å². The maximum atomic E-state index is 15.5. The Labute approximate surface area is 166 Å². The molecule has 0 spiro atoms. The summed E-state index contributed by atoms with van der Waals surface area (Å²) >= 11 is 0. The van der Waals surface area contributed by atoms with Crippen LogP contribution in [0.1, 0.15) is 37.0 Å². The predicted octanol–water partition coefficient (Wildman–Crippen LogP) is 3.13. The quantitative estimate of drug-likeness (QED) is 0.725. The molecule has 0 bridgehead atoms. The number of aldehydes is 1. The van der Waals surface area contributed by atoms with E-state index in [0.29, 0.717) is 30.7 Å². The van der Waals surface area contributed by atoms with E-state index >= 15 is 4.39 Å². The molecule has 0 N–H and O–H groups in total. The van der Waals surface area contributed by atoms with E-state index < -0.39 is 11.9 Å². The van der Waals surface area contributed by atoms with E-state index in [4.69, 9.17) is 14.0 Å². The summed E-state index contributed by atoms with van der Waals surface area (Å²) in [7, 11) is 0. The van der Waals surface area contributed by atoms with Crippen molar-refractivity contribution in [3.05, 3.63) is 17.4 Å². The van der Waals surface area contributed by atoms with Crippen LogP contribution in [0.3, 0.4) is 0 Å². The summed E-state index contributed by atoms with van der Waals surface area (Å²) < 4.78 is 31.8. The Bertz CT molecular complexity index is 978. The molecule has 5 rings (SSSR count). The van der Waals surface area contributed by atoms with Crippen molar-refractivity contribution < 1.29 is 28.0 Å². The van der Waals surface area contributed by atoms with Gasteiger partial charge in [0.2, 0.25) is 5.58 Å². The number of carbonyl (C=O) groups excluding carboxylic acids is 2. The number of carbonyl (C=O) groups is 2. The molecule has 3 fully saturated rings. The summed E-state index contributed by atoms with van der Waals surface area (Å²) in [6, 6.07) is 1.41. The molecule has 3 atom stereocenters. The summed E-state index contributed by atoms with van der Waals surface area (Å²) in [5.74, 6) is -0.101. The number of morpholine rings is 1. The smallest absolute Gasteiger partial charge is 0.416 e. The second-order valence-corrected chi connectivity index (χ2v) is 8.14. The fourth-order valence-electron chi connectivity index (χ4n) is 4.49. The second-order valence-electron chi connectivity index (χ2n) is 8.14. The van der Waals surface area contributed by atoms with Crippen LogP contribution in [0.2, 0.25) is 0 Å². The monoisotopic (exact) mass is 403 g/mol. The molecule has 2 aromatic rings. The van der Waals surface area contributed by atoms with E-state index in [9.17, 15) is 9.59 Å². The summed E-state index contributed by atoms with van der Waals surface area (Å²) in [6.07, 6.45) is 1.93. The molecule has 29 heavy (non-hydrogen) atoms. The Morgan fingerprint density at radius 2 is 1.97 bits per heavy atom. The van der Waals surface area contributed by atoms with E-state index in [-0.39, 0.29) is 47.5 Å². The molecule has 1 aliphatic carbocycles. The van der Waals surface area contributed by atoms with Crippen molar-refractivity contribution in [1.82, 2.24) is 5.16 Å². The second kappa shape index (κ2) is 6.69. The Morgan fingerprint density at radius 3 is 2.62 bits per heavy atom. The zero-order valence-electron chi connectivity index (χ0n) is 16.3. The van der Waals surface area contributed by atoms with Crippen molar-refractivity contribution in [3.8, 4) is 0 Å². The van der Waals surface area contributed by atoms with Gasteiger partial charge in [-0.1, -0.05) is 5.16 Å². The highest BCUT2D eigenvalue weighted by atomic mass is 19.1. The summed E-state index contributed by atoms with van der Waals surface area (Å²) in [4.78, 5) is 27.4. The Balaban J connectivity index is 1.61. The zero-order chi connectivity index (χ0) is 20.3. The first-order valence-electron chi connectivity index (χ1n) is 9.91. The van der Waals surface area contributed by atoms with Gasteiger partial charge in [0, 0.05) is 18.7 Å². The number of halogens is 1. The average molecular weight is 403 g/mol. The molecule has 1 saturated carbocycles. The molecule has 8 nitrogen and oxygen atoms in total. The van der Waals surface area contributed by atoms with Crippen LogP contribution in [0.15, 0.2) is 10.6 Å². The molecular weight excluding hydrogens is 381 g/mol. The number of ether oxygens (including phenoxy) is 2. The number of hydrogen-bond donors (Lipinski definition) is 0. The minimum atomic E-state index is -0.653. The lowest BCUT2D eigenvalue weighted by Crippen LogP contribution is -2.46. The van der Waals surface area contributed by atoms with Crippen LogP contribution in [0.5, 0.6) is 0 Å². The SMILES string of the molecule is CC1CN(c2c(C=O)cc3c(N4C(=O)OCC4C4CC4)noc3c2F)CC(C)O1. The normalized spacial score (nSPS) is 27.6. The third-order valence-corrected chi connectivity index (χ3v) is 5.85. The largest absolute Gasteiger partial charge is 0.447 e. The molecule has 9 heteroatoms. The molecule has 3 unspecified atom stereocenters. The molecule has 1 amide bonds. The number of hydrogen-bond acceptors (Lipinski definition) is 7. The summed E-state index contributed by atoms with van der Waals surface area (Å²) in [6.45, 7) is 5.00. The lowest BCUT2D eigenvalue weighted by molar-refractivity contribution is -0.00543. The molecule has 2 aliphatic heterocycles. The average Bonchev–Trinajstić information content (AvgIpc) is 3.33. The Hall–Kier alpha value is -2.68. The van der Waals surface area contributed by atoms with Crippen molar-refractivity contribution in [2.75, 3.05) is 29.5 Å². The van der Waals surface area contributed by atoms with Gasteiger partial charge in [0.05, 0.1) is 29.3 Å². The number of aromatic nitrogens is 1. The molecule has 1 aromatic carbocycles. The van der Waals surface area contributed by atoms with Gasteiger partial charge in [0.1, 0.15) is 6.61 Å². The highest BCUT2D eigenvalue weighted by molar-refractivity contribution is 6.03. The lowest BCUT2D eigenvalue weighted by atomic mass is 10.1. The summed E-state index contributed by atoms with van der Waals surface area (Å²) in [5.41, 5.74) is 0.304. The van der Waals surface area contributed by atoms with Crippen molar-refractivity contribution in [1.29, 1.82) is 0 Å². The fraction of sp³-hybridized carbons (Fsp3) is 0.550. The van der Waals surface area contributed by atoms with Gasteiger partial charge in [-0.05, 0) is 38.7 Å². The van der Waals surface area contributed by atoms with Crippen LogP contribution in [0.4, 0.5) is 20.7 Å². The molecule has 3 heterocycles. The van der Waals surface area contributed by atoms with Gasteiger partial charge < -0.3 is 18.9 Å². The first-order chi connectivity index (χ1) is 14.0. The first kappa shape index (κ1) is 18.4. The number of rotatable bonds is 4. The van der Waals surface area contributed by atoms with Crippen LogP contribution in [0, 0.1) is 11.7 Å². The molecule has 0 radical (unpaired) electrons. The fourth-order valence-corrected chi connectivity index (χ4v) is 4.49. The van der Waals surface area contributed by atoms with Crippen molar-refractivity contribution in [2.45, 2.75) is 44.9 Å². The topological polar surface area (TPSA) is 85.1 Å². The molecular formula is C20H22FN3O5. The predicted molar refractivity (Wildman–Crippen MR) is 102 cm³/mol. The van der Waals surface area contributed by atoms with E-state index in [1.807, 2.05) is 13.8 Å². The highest BCUT2D eigenvalue weighted by Crippen LogP contribution is 2.43. The third-order valence-electron chi connectivity index (χ3n) is 5.85. The van der Waals surface area contributed by atoms with Gasteiger partial charge in [-0.25, -0.2) is 9.18 Å². The van der Waals surface area contributed by atoms with Crippen LogP contribution in [-0.2, 0) is 9.47 Å². The van der Waals surface area contributed by atoms with Gasteiger partial charge in [-0.2, -0.15) is 0 Å². The maximum absolute atomic E-state index is 15.5. The maximum Gasteiger partial charge on any atom is 0.416 e. The lowest BCUT2D eigenvalue weighted by Gasteiger charge is -2.37. The minimum Gasteiger partial charge on any atom is -0.447 e. The minimum absolute atomic E-state index is 0.0679. The summed E-state index contributed by atoms with van der Waals surface area (Å²) in [5, 5.41) is 4.29.